The largest absolute Gasteiger partial charge is 0.316 e. The lowest BCUT2D eigenvalue weighted by Gasteiger charge is -2.38. The van der Waals surface area contributed by atoms with Gasteiger partial charge in [0.25, 0.3) is 0 Å². The van der Waals surface area contributed by atoms with Gasteiger partial charge in [-0.3, -0.25) is 0 Å². The predicted molar refractivity (Wildman–Crippen MR) is 73.3 cm³/mol. The lowest BCUT2D eigenvalue weighted by atomic mass is 9.93. The molecule has 0 radical (unpaired) electrons. The highest BCUT2D eigenvalue weighted by Gasteiger charge is 2.25. The maximum atomic E-state index is 3.90. The van der Waals surface area contributed by atoms with Crippen molar-refractivity contribution in [2.45, 2.75) is 51.6 Å². The Morgan fingerprint density at radius 2 is 2.00 bits per heavy atom. The zero-order chi connectivity index (χ0) is 12.1. The molecule has 17 heavy (non-hydrogen) atoms. The third kappa shape index (κ3) is 3.94. The Bertz CT molecular complexity index is 212. The monoisotopic (exact) mass is 239 g/mol. The first-order valence-corrected chi connectivity index (χ1v) is 7.48. The molecule has 0 bridgehead atoms. The summed E-state index contributed by atoms with van der Waals surface area (Å²) in [7, 11) is 0. The van der Waals surface area contributed by atoms with Gasteiger partial charge in [0, 0.05) is 12.1 Å². The number of likely N-dealkylation sites (tertiary alicyclic amines) is 1. The lowest BCUT2D eigenvalue weighted by Crippen LogP contribution is -2.52. The van der Waals surface area contributed by atoms with E-state index in [0.29, 0.717) is 0 Å². The summed E-state index contributed by atoms with van der Waals surface area (Å²) in [6.45, 7) is 10.9. The molecule has 0 aromatic rings. The fourth-order valence-electron chi connectivity index (χ4n) is 3.20. The second-order valence-electron chi connectivity index (χ2n) is 5.86. The van der Waals surface area contributed by atoms with Crippen LogP contribution in [0, 0.1) is 5.92 Å². The molecule has 3 nitrogen and oxygen atoms in total. The van der Waals surface area contributed by atoms with Gasteiger partial charge in [-0.25, -0.2) is 0 Å². The fourth-order valence-corrected chi connectivity index (χ4v) is 3.20. The Balaban J connectivity index is 1.70. The molecular weight excluding hydrogens is 210 g/mol. The van der Waals surface area contributed by atoms with E-state index in [1.165, 1.54) is 58.4 Å². The first kappa shape index (κ1) is 13.3. The Morgan fingerprint density at radius 1 is 1.24 bits per heavy atom. The van der Waals surface area contributed by atoms with Gasteiger partial charge < -0.3 is 15.5 Å². The molecule has 2 fully saturated rings. The van der Waals surface area contributed by atoms with E-state index in [2.05, 4.69) is 29.4 Å². The van der Waals surface area contributed by atoms with E-state index in [1.54, 1.807) is 0 Å². The van der Waals surface area contributed by atoms with Crippen LogP contribution in [0.2, 0.25) is 0 Å². The van der Waals surface area contributed by atoms with Crippen LogP contribution in [0.5, 0.6) is 0 Å². The number of rotatable bonds is 4. The van der Waals surface area contributed by atoms with Gasteiger partial charge in [-0.2, -0.15) is 0 Å². The van der Waals surface area contributed by atoms with Crippen molar-refractivity contribution in [1.82, 2.24) is 15.5 Å². The van der Waals surface area contributed by atoms with Crippen LogP contribution in [0.25, 0.3) is 0 Å². The van der Waals surface area contributed by atoms with Crippen molar-refractivity contribution in [3.8, 4) is 0 Å². The van der Waals surface area contributed by atoms with Crippen LogP contribution in [-0.2, 0) is 0 Å². The SMILES string of the molecule is CCCN1CCC(NC2CCNCC2C)CC1. The molecular formula is C14H29N3. The molecule has 2 unspecified atom stereocenters. The summed E-state index contributed by atoms with van der Waals surface area (Å²) in [6.07, 6.45) is 5.28. The quantitative estimate of drug-likeness (QED) is 0.777. The minimum atomic E-state index is 0.749. The number of hydrogen-bond donors (Lipinski definition) is 2. The molecule has 100 valence electrons. The number of nitrogens with zero attached hydrogens (tertiary/aromatic N) is 1. The van der Waals surface area contributed by atoms with Gasteiger partial charge in [-0.1, -0.05) is 13.8 Å². The molecule has 2 aliphatic rings. The Kier molecular flexibility index (Phi) is 5.26. The van der Waals surface area contributed by atoms with Gasteiger partial charge in [-0.05, 0) is 64.3 Å². The molecule has 0 aromatic carbocycles. The van der Waals surface area contributed by atoms with E-state index >= 15 is 0 Å². The predicted octanol–water partition coefficient (Wildman–Crippen LogP) is 1.45. The van der Waals surface area contributed by atoms with Gasteiger partial charge in [0.05, 0.1) is 0 Å². The van der Waals surface area contributed by atoms with Crippen molar-refractivity contribution >= 4 is 0 Å². The first-order valence-electron chi connectivity index (χ1n) is 7.48. The van der Waals surface area contributed by atoms with Crippen LogP contribution in [0.1, 0.15) is 39.5 Å². The van der Waals surface area contributed by atoms with Crippen molar-refractivity contribution in [3.63, 3.8) is 0 Å². The van der Waals surface area contributed by atoms with Crippen molar-refractivity contribution in [2.24, 2.45) is 5.92 Å². The second kappa shape index (κ2) is 6.72. The molecule has 2 heterocycles. The molecule has 0 aromatic heterocycles. The topological polar surface area (TPSA) is 27.3 Å². The van der Waals surface area contributed by atoms with E-state index in [4.69, 9.17) is 0 Å². The zero-order valence-corrected chi connectivity index (χ0v) is 11.5. The summed E-state index contributed by atoms with van der Waals surface area (Å²) in [4.78, 5) is 2.62. The molecule has 0 amide bonds. The summed E-state index contributed by atoms with van der Waals surface area (Å²) < 4.78 is 0. The van der Waals surface area contributed by atoms with Crippen LogP contribution >= 0.6 is 0 Å². The van der Waals surface area contributed by atoms with Crippen LogP contribution < -0.4 is 10.6 Å². The summed E-state index contributed by atoms with van der Waals surface area (Å²) in [6, 6.07) is 1.52. The summed E-state index contributed by atoms with van der Waals surface area (Å²) >= 11 is 0. The lowest BCUT2D eigenvalue weighted by molar-refractivity contribution is 0.174. The smallest absolute Gasteiger partial charge is 0.0119 e. The molecule has 2 saturated heterocycles. The fraction of sp³-hybridized carbons (Fsp3) is 1.00. The summed E-state index contributed by atoms with van der Waals surface area (Å²) in [5, 5.41) is 7.38. The standard InChI is InChI=1S/C14H29N3/c1-3-8-17-9-5-13(6-10-17)16-14-4-7-15-11-12(14)2/h12-16H,3-11H2,1-2H3. The van der Waals surface area contributed by atoms with Crippen molar-refractivity contribution in [2.75, 3.05) is 32.7 Å². The minimum absolute atomic E-state index is 0.749. The highest BCUT2D eigenvalue weighted by molar-refractivity contribution is 4.86. The van der Waals surface area contributed by atoms with Gasteiger partial charge in [0.2, 0.25) is 0 Å². The maximum Gasteiger partial charge on any atom is 0.0119 e. The van der Waals surface area contributed by atoms with Crippen LogP contribution in [0.3, 0.4) is 0 Å². The van der Waals surface area contributed by atoms with Crippen LogP contribution in [0.4, 0.5) is 0 Å². The molecule has 0 saturated carbocycles. The molecule has 2 N–H and O–H groups in total. The zero-order valence-electron chi connectivity index (χ0n) is 11.5. The summed E-state index contributed by atoms with van der Waals surface area (Å²) in [5.74, 6) is 0.789. The first-order chi connectivity index (χ1) is 8.29. The van der Waals surface area contributed by atoms with Crippen molar-refractivity contribution in [1.29, 1.82) is 0 Å². The molecule has 2 aliphatic heterocycles. The molecule has 3 heteroatoms. The molecule has 2 rings (SSSR count). The second-order valence-corrected chi connectivity index (χ2v) is 5.86. The van der Waals surface area contributed by atoms with Gasteiger partial charge in [-0.15, -0.1) is 0 Å². The van der Waals surface area contributed by atoms with Crippen LogP contribution in [0.15, 0.2) is 0 Å². The van der Waals surface area contributed by atoms with Gasteiger partial charge in [0.15, 0.2) is 0 Å². The van der Waals surface area contributed by atoms with E-state index in [9.17, 15) is 0 Å². The van der Waals surface area contributed by atoms with Crippen molar-refractivity contribution < 1.29 is 0 Å². The van der Waals surface area contributed by atoms with E-state index in [-0.39, 0.29) is 0 Å². The highest BCUT2D eigenvalue weighted by atomic mass is 15.1. The number of nitrogens with one attached hydrogen (secondary N) is 2. The minimum Gasteiger partial charge on any atom is -0.316 e. The summed E-state index contributed by atoms with van der Waals surface area (Å²) in [5.41, 5.74) is 0. The van der Waals surface area contributed by atoms with E-state index < -0.39 is 0 Å². The van der Waals surface area contributed by atoms with Gasteiger partial charge >= 0.3 is 0 Å². The molecule has 0 spiro atoms. The van der Waals surface area contributed by atoms with Crippen molar-refractivity contribution in [3.05, 3.63) is 0 Å². The normalized spacial score (nSPS) is 32.8. The third-order valence-electron chi connectivity index (χ3n) is 4.36. The van der Waals surface area contributed by atoms with E-state index in [0.717, 1.165) is 18.0 Å². The average Bonchev–Trinajstić information content (AvgIpc) is 2.35. The molecule has 2 atom stereocenters. The highest BCUT2D eigenvalue weighted by Crippen LogP contribution is 2.16. The average molecular weight is 239 g/mol. The number of piperidine rings is 2. The Labute approximate surface area is 106 Å². The maximum absolute atomic E-state index is 3.90. The number of hydrogen-bond acceptors (Lipinski definition) is 3. The Morgan fingerprint density at radius 3 is 2.65 bits per heavy atom. The third-order valence-corrected chi connectivity index (χ3v) is 4.36. The molecule has 0 aliphatic carbocycles. The Hall–Kier alpha value is -0.120. The van der Waals surface area contributed by atoms with Gasteiger partial charge in [0.1, 0.15) is 0 Å². The van der Waals surface area contributed by atoms with Crippen LogP contribution in [-0.4, -0.2) is 49.7 Å². The van der Waals surface area contributed by atoms with E-state index in [1.807, 2.05) is 0 Å².